The summed E-state index contributed by atoms with van der Waals surface area (Å²) in [5.41, 5.74) is 6.45. The predicted octanol–water partition coefficient (Wildman–Crippen LogP) is 3.65. The smallest absolute Gasteiger partial charge is 0.161 e. The van der Waals surface area contributed by atoms with E-state index in [4.69, 9.17) is 9.47 Å². The summed E-state index contributed by atoms with van der Waals surface area (Å²) < 4.78 is 13.5. The maximum atomic E-state index is 10.0. The lowest BCUT2D eigenvalue weighted by Gasteiger charge is -2.41. The molecule has 5 nitrogen and oxygen atoms in total. The van der Waals surface area contributed by atoms with Crippen LogP contribution in [0.25, 0.3) is 10.9 Å². The number of aromatic nitrogens is 1. The molecule has 1 N–H and O–H groups in total. The van der Waals surface area contributed by atoms with Gasteiger partial charge in [-0.2, -0.15) is 0 Å². The van der Waals surface area contributed by atoms with E-state index >= 15 is 0 Å². The molecule has 0 radical (unpaired) electrons. The number of para-hydroxylation sites is 1. The van der Waals surface area contributed by atoms with Crippen molar-refractivity contribution in [3.8, 4) is 11.5 Å². The van der Waals surface area contributed by atoms with Crippen molar-refractivity contribution in [3.63, 3.8) is 0 Å². The molecule has 0 bridgehead atoms. The number of hydrogen-bond acceptors (Lipinski definition) is 4. The number of methoxy groups -OCH3 is 1. The van der Waals surface area contributed by atoms with E-state index in [0.29, 0.717) is 12.6 Å². The molecule has 146 valence electrons. The molecule has 1 unspecified atom stereocenters. The number of fused-ring (bicyclic) bond motifs is 6. The van der Waals surface area contributed by atoms with Crippen LogP contribution in [0.3, 0.4) is 0 Å². The summed E-state index contributed by atoms with van der Waals surface area (Å²) in [5.74, 6) is 1.65. The predicted molar refractivity (Wildman–Crippen MR) is 109 cm³/mol. The van der Waals surface area contributed by atoms with Gasteiger partial charge in [-0.15, -0.1) is 0 Å². The first kappa shape index (κ1) is 17.6. The highest BCUT2D eigenvalue weighted by atomic mass is 16.5. The van der Waals surface area contributed by atoms with E-state index in [9.17, 15) is 5.11 Å². The highest BCUT2D eigenvalue weighted by Crippen LogP contribution is 2.44. The molecule has 0 amide bonds. The second kappa shape index (κ2) is 6.83. The lowest BCUT2D eigenvalue weighted by atomic mass is 9.85. The van der Waals surface area contributed by atoms with Crippen LogP contribution in [0.1, 0.15) is 35.3 Å². The fourth-order valence-corrected chi connectivity index (χ4v) is 5.00. The summed E-state index contributed by atoms with van der Waals surface area (Å²) in [6.07, 6.45) is 1.96. The van der Waals surface area contributed by atoms with Gasteiger partial charge in [-0.3, -0.25) is 4.90 Å². The molecule has 0 aliphatic carbocycles. The monoisotopic (exact) mass is 378 g/mol. The van der Waals surface area contributed by atoms with Crippen molar-refractivity contribution < 1.29 is 14.6 Å². The molecule has 5 heteroatoms. The number of hydrogen-bond donors (Lipinski definition) is 1. The molecule has 1 atom stereocenters. The number of aliphatic hydroxyl groups excluding tert-OH is 1. The van der Waals surface area contributed by atoms with E-state index in [1.807, 2.05) is 13.0 Å². The zero-order chi connectivity index (χ0) is 19.3. The summed E-state index contributed by atoms with van der Waals surface area (Å²) in [7, 11) is 1.70. The molecular formula is C23H26N2O3. The van der Waals surface area contributed by atoms with Crippen LogP contribution in [-0.4, -0.2) is 34.8 Å². The van der Waals surface area contributed by atoms with E-state index < -0.39 is 0 Å². The molecule has 2 aromatic carbocycles. The average molecular weight is 378 g/mol. The normalized spacial score (nSPS) is 18.5. The zero-order valence-corrected chi connectivity index (χ0v) is 16.4. The standard InChI is InChI=1S/C23H26N2O3/c1-3-28-23-12-17-15(10-22(23)27-2)8-9-24-13-21-18(11-20(17)24)16-6-4-5-7-19(16)25(21)14-26/h4-7,10,12,20,26H,3,8-9,11,13-14H2,1-2H3. The number of rotatable bonds is 4. The minimum atomic E-state index is 0.0244. The van der Waals surface area contributed by atoms with Gasteiger partial charge in [0, 0.05) is 30.2 Å². The second-order valence-electron chi connectivity index (χ2n) is 7.59. The highest BCUT2D eigenvalue weighted by Gasteiger charge is 2.35. The molecule has 0 spiro atoms. The lowest BCUT2D eigenvalue weighted by molar-refractivity contribution is 0.145. The largest absolute Gasteiger partial charge is 0.493 e. The Bertz CT molecular complexity index is 1040. The third-order valence-corrected chi connectivity index (χ3v) is 6.28. The average Bonchev–Trinajstić information content (AvgIpc) is 3.04. The highest BCUT2D eigenvalue weighted by molar-refractivity contribution is 5.86. The summed E-state index contributed by atoms with van der Waals surface area (Å²) in [6.45, 7) is 4.53. The van der Waals surface area contributed by atoms with Gasteiger partial charge in [-0.25, -0.2) is 0 Å². The van der Waals surface area contributed by atoms with Crippen molar-refractivity contribution in [1.29, 1.82) is 0 Å². The minimum Gasteiger partial charge on any atom is -0.493 e. The van der Waals surface area contributed by atoms with E-state index in [2.05, 4.69) is 39.8 Å². The van der Waals surface area contributed by atoms with Crippen LogP contribution in [-0.2, 0) is 26.1 Å². The maximum absolute atomic E-state index is 10.0. The van der Waals surface area contributed by atoms with E-state index in [0.717, 1.165) is 42.9 Å². The lowest BCUT2D eigenvalue weighted by Crippen LogP contribution is -2.39. The summed E-state index contributed by atoms with van der Waals surface area (Å²) in [5, 5.41) is 11.3. The van der Waals surface area contributed by atoms with Crippen molar-refractivity contribution in [2.24, 2.45) is 0 Å². The van der Waals surface area contributed by atoms with Crippen molar-refractivity contribution in [3.05, 3.63) is 58.8 Å². The first-order valence-electron chi connectivity index (χ1n) is 10.0. The van der Waals surface area contributed by atoms with Gasteiger partial charge in [-0.05, 0) is 54.7 Å². The summed E-state index contributed by atoms with van der Waals surface area (Å²) in [6, 6.07) is 13.1. The fourth-order valence-electron chi connectivity index (χ4n) is 5.00. The van der Waals surface area contributed by atoms with Gasteiger partial charge in [0.1, 0.15) is 6.73 Å². The first-order valence-corrected chi connectivity index (χ1v) is 10.0. The Kier molecular flexibility index (Phi) is 4.29. The molecule has 0 saturated carbocycles. The van der Waals surface area contributed by atoms with Gasteiger partial charge in [0.25, 0.3) is 0 Å². The molecular weight excluding hydrogens is 352 g/mol. The molecule has 1 aromatic heterocycles. The molecule has 0 fully saturated rings. The van der Waals surface area contributed by atoms with Crippen LogP contribution in [0.15, 0.2) is 36.4 Å². The van der Waals surface area contributed by atoms with Crippen molar-refractivity contribution in [1.82, 2.24) is 9.47 Å². The molecule has 5 rings (SSSR count). The Labute approximate surface area is 165 Å². The summed E-state index contributed by atoms with van der Waals surface area (Å²) >= 11 is 0. The molecule has 3 aromatic rings. The van der Waals surface area contributed by atoms with Crippen LogP contribution in [0.2, 0.25) is 0 Å². The number of aliphatic hydroxyl groups is 1. The van der Waals surface area contributed by atoms with Crippen LogP contribution < -0.4 is 9.47 Å². The molecule has 2 aliphatic heterocycles. The topological polar surface area (TPSA) is 46.9 Å². The van der Waals surface area contributed by atoms with E-state index in [1.165, 1.54) is 27.8 Å². The van der Waals surface area contributed by atoms with E-state index in [1.54, 1.807) is 7.11 Å². The maximum Gasteiger partial charge on any atom is 0.161 e. The minimum absolute atomic E-state index is 0.0244. The Balaban J connectivity index is 1.63. The first-order chi connectivity index (χ1) is 13.7. The van der Waals surface area contributed by atoms with Crippen LogP contribution >= 0.6 is 0 Å². The Morgan fingerprint density at radius 1 is 1.18 bits per heavy atom. The third kappa shape index (κ3) is 2.54. The van der Waals surface area contributed by atoms with Crippen molar-refractivity contribution in [2.75, 3.05) is 20.3 Å². The number of ether oxygens (including phenoxy) is 2. The second-order valence-corrected chi connectivity index (χ2v) is 7.59. The molecule has 3 heterocycles. The Morgan fingerprint density at radius 3 is 2.82 bits per heavy atom. The number of nitrogens with zero attached hydrogens (tertiary/aromatic N) is 2. The van der Waals surface area contributed by atoms with Crippen molar-refractivity contribution in [2.45, 2.75) is 39.1 Å². The van der Waals surface area contributed by atoms with Crippen molar-refractivity contribution >= 4 is 10.9 Å². The van der Waals surface area contributed by atoms with Gasteiger partial charge in [-0.1, -0.05) is 18.2 Å². The quantitative estimate of drug-likeness (QED) is 0.753. The third-order valence-electron chi connectivity index (χ3n) is 6.28. The van der Waals surface area contributed by atoms with Gasteiger partial charge in [0.2, 0.25) is 0 Å². The SMILES string of the molecule is CCOc1cc2c(cc1OC)CCN1Cc3c(c4ccccc4n3CO)CC21. The van der Waals surface area contributed by atoms with Crippen LogP contribution in [0, 0.1) is 0 Å². The van der Waals surface area contributed by atoms with Gasteiger partial charge < -0.3 is 19.1 Å². The Hall–Kier alpha value is -2.50. The molecule has 0 saturated heterocycles. The van der Waals surface area contributed by atoms with Crippen LogP contribution in [0.4, 0.5) is 0 Å². The van der Waals surface area contributed by atoms with Gasteiger partial charge >= 0.3 is 0 Å². The fraction of sp³-hybridized carbons (Fsp3) is 0.391. The molecule has 2 aliphatic rings. The zero-order valence-electron chi connectivity index (χ0n) is 16.4. The Morgan fingerprint density at radius 2 is 2.04 bits per heavy atom. The molecule has 28 heavy (non-hydrogen) atoms. The summed E-state index contributed by atoms with van der Waals surface area (Å²) in [4.78, 5) is 2.54. The van der Waals surface area contributed by atoms with E-state index in [-0.39, 0.29) is 6.73 Å². The number of benzene rings is 2. The van der Waals surface area contributed by atoms with Crippen LogP contribution in [0.5, 0.6) is 11.5 Å². The van der Waals surface area contributed by atoms with Gasteiger partial charge in [0.05, 0.1) is 19.2 Å². The van der Waals surface area contributed by atoms with Gasteiger partial charge in [0.15, 0.2) is 11.5 Å².